The summed E-state index contributed by atoms with van der Waals surface area (Å²) in [5, 5.41) is 9.44. The molecule has 0 aliphatic heterocycles. The van der Waals surface area contributed by atoms with Gasteiger partial charge in [-0.05, 0) is 95.1 Å². The molecule has 52 heavy (non-hydrogen) atoms. The predicted octanol–water partition coefficient (Wildman–Crippen LogP) is 12.9. The first kappa shape index (κ1) is 48.9. The Labute approximate surface area is 323 Å². The van der Waals surface area contributed by atoms with E-state index in [9.17, 15) is 14.7 Å². The lowest BCUT2D eigenvalue weighted by molar-refractivity contribution is -0.145. The molecule has 0 bridgehead atoms. The fraction of sp³-hybridized carbons (Fsp3) is 0.957. The van der Waals surface area contributed by atoms with Crippen LogP contribution in [0.25, 0.3) is 0 Å². The lowest BCUT2D eigenvalue weighted by atomic mass is 9.93. The minimum absolute atomic E-state index is 0.00288. The molecule has 1 fully saturated rings. The molecule has 0 heterocycles. The quantitative estimate of drug-likeness (QED) is 0.0498. The molecule has 0 spiro atoms. The maximum atomic E-state index is 12.5. The minimum atomic E-state index is 0.00288. The highest BCUT2D eigenvalue weighted by atomic mass is 16.5. The van der Waals surface area contributed by atoms with E-state index in [2.05, 4.69) is 25.7 Å². The summed E-state index contributed by atoms with van der Waals surface area (Å²) in [4.78, 5) is 27.4. The van der Waals surface area contributed by atoms with Crippen LogP contribution >= 0.6 is 0 Å². The van der Waals surface area contributed by atoms with Gasteiger partial charge in [-0.15, -0.1) is 0 Å². The number of ether oxygens (including phenoxy) is 2. The smallest absolute Gasteiger partial charge is 0.305 e. The summed E-state index contributed by atoms with van der Waals surface area (Å²) < 4.78 is 11.3. The van der Waals surface area contributed by atoms with E-state index < -0.39 is 0 Å². The summed E-state index contributed by atoms with van der Waals surface area (Å²) in [6.07, 6.45) is 38.9. The standard InChI is InChI=1S/C46H89NO5/c1-4-7-10-13-14-20-27-41-51-45(50)32-34-46(35-36-46)33-24-26-38-47(39-28-40-48)37-25-19-15-18-23-31-44(49)52-42-43(29-21-16-11-8-5-2)30-22-17-12-9-6-3/h43,48H,4-42H2,1-3H3. The van der Waals surface area contributed by atoms with Gasteiger partial charge in [0.25, 0.3) is 0 Å². The van der Waals surface area contributed by atoms with Gasteiger partial charge in [-0.3, -0.25) is 9.59 Å². The summed E-state index contributed by atoms with van der Waals surface area (Å²) >= 11 is 0. The van der Waals surface area contributed by atoms with Crippen molar-refractivity contribution in [3.05, 3.63) is 0 Å². The Bertz CT molecular complexity index is 786. The van der Waals surface area contributed by atoms with Crippen LogP contribution in [0.15, 0.2) is 0 Å². The van der Waals surface area contributed by atoms with E-state index in [1.54, 1.807) is 0 Å². The van der Waals surface area contributed by atoms with Crippen molar-refractivity contribution in [2.24, 2.45) is 11.3 Å². The normalized spacial score (nSPS) is 13.7. The second-order valence-corrected chi connectivity index (χ2v) is 16.7. The summed E-state index contributed by atoms with van der Waals surface area (Å²) in [6.45, 7) is 11.4. The molecular weight excluding hydrogens is 647 g/mol. The highest BCUT2D eigenvalue weighted by Gasteiger charge is 2.41. The zero-order valence-corrected chi connectivity index (χ0v) is 35.2. The second-order valence-electron chi connectivity index (χ2n) is 16.7. The zero-order chi connectivity index (χ0) is 37.8. The average Bonchev–Trinajstić information content (AvgIpc) is 3.93. The number of unbranched alkanes of at least 4 members (excludes halogenated alkanes) is 19. The third kappa shape index (κ3) is 30.2. The second kappa shape index (κ2) is 35.6. The number of carbonyl (C=O) groups is 2. The number of hydrogen-bond donors (Lipinski definition) is 1. The van der Waals surface area contributed by atoms with Crippen LogP contribution in [0.5, 0.6) is 0 Å². The van der Waals surface area contributed by atoms with Crippen LogP contribution in [-0.2, 0) is 19.1 Å². The van der Waals surface area contributed by atoms with E-state index in [4.69, 9.17) is 9.47 Å². The fourth-order valence-corrected chi connectivity index (χ4v) is 7.75. The molecule has 0 amide bonds. The fourth-order valence-electron chi connectivity index (χ4n) is 7.75. The molecule has 1 N–H and O–H groups in total. The Kier molecular flexibility index (Phi) is 33.4. The van der Waals surface area contributed by atoms with E-state index in [0.29, 0.717) is 37.4 Å². The molecule has 6 heteroatoms. The number of rotatable bonds is 41. The van der Waals surface area contributed by atoms with Crippen LogP contribution < -0.4 is 0 Å². The van der Waals surface area contributed by atoms with Crippen LogP contribution in [0.4, 0.5) is 0 Å². The van der Waals surface area contributed by atoms with Crippen molar-refractivity contribution in [2.45, 2.75) is 233 Å². The number of nitrogens with zero attached hydrogens (tertiary/aromatic N) is 1. The first-order valence-electron chi connectivity index (χ1n) is 23.1. The number of aliphatic hydroxyl groups is 1. The molecule has 0 saturated heterocycles. The van der Waals surface area contributed by atoms with Gasteiger partial charge in [0.05, 0.1) is 13.2 Å². The third-order valence-electron chi connectivity index (χ3n) is 11.7. The Morgan fingerprint density at radius 2 is 1.02 bits per heavy atom. The molecule has 0 atom stereocenters. The summed E-state index contributed by atoms with van der Waals surface area (Å²) in [7, 11) is 0. The predicted molar refractivity (Wildman–Crippen MR) is 221 cm³/mol. The highest BCUT2D eigenvalue weighted by molar-refractivity contribution is 5.69. The van der Waals surface area contributed by atoms with E-state index in [0.717, 1.165) is 51.7 Å². The number of carbonyl (C=O) groups excluding carboxylic acids is 2. The highest BCUT2D eigenvalue weighted by Crippen LogP contribution is 2.53. The SMILES string of the molecule is CCCCCCCCCOC(=O)CCC1(CCCCN(CCCO)CCCCCCCC(=O)OCC(CCCCCCC)CCCCCCC)CC1. The average molecular weight is 736 g/mol. The van der Waals surface area contributed by atoms with Crippen LogP contribution in [0.3, 0.4) is 0 Å². The molecule has 1 saturated carbocycles. The molecule has 0 aromatic rings. The zero-order valence-electron chi connectivity index (χ0n) is 35.2. The first-order chi connectivity index (χ1) is 25.5. The van der Waals surface area contributed by atoms with Crippen molar-refractivity contribution in [1.82, 2.24) is 4.90 Å². The van der Waals surface area contributed by atoms with Gasteiger partial charge in [0.1, 0.15) is 0 Å². The molecule has 0 radical (unpaired) electrons. The maximum Gasteiger partial charge on any atom is 0.305 e. The van der Waals surface area contributed by atoms with Crippen LogP contribution in [-0.4, -0.2) is 61.4 Å². The van der Waals surface area contributed by atoms with Crippen molar-refractivity contribution in [2.75, 3.05) is 39.5 Å². The Morgan fingerprint density at radius 3 is 1.60 bits per heavy atom. The lowest BCUT2D eigenvalue weighted by Crippen LogP contribution is -2.28. The van der Waals surface area contributed by atoms with Crippen LogP contribution in [0.1, 0.15) is 233 Å². The number of aliphatic hydroxyl groups excluding tert-OH is 1. The topological polar surface area (TPSA) is 76.1 Å². The van der Waals surface area contributed by atoms with Crippen molar-refractivity contribution in [3.8, 4) is 0 Å². The number of esters is 2. The Morgan fingerprint density at radius 1 is 0.538 bits per heavy atom. The molecule has 6 nitrogen and oxygen atoms in total. The lowest BCUT2D eigenvalue weighted by Gasteiger charge is -2.22. The molecule has 1 rings (SSSR count). The van der Waals surface area contributed by atoms with Crippen molar-refractivity contribution < 1.29 is 24.2 Å². The van der Waals surface area contributed by atoms with Crippen molar-refractivity contribution in [1.29, 1.82) is 0 Å². The summed E-state index contributed by atoms with van der Waals surface area (Å²) in [5.74, 6) is 0.544. The maximum absolute atomic E-state index is 12.5. The van der Waals surface area contributed by atoms with Crippen LogP contribution in [0.2, 0.25) is 0 Å². The van der Waals surface area contributed by atoms with E-state index in [-0.39, 0.29) is 18.5 Å². The van der Waals surface area contributed by atoms with Gasteiger partial charge in [-0.25, -0.2) is 0 Å². The molecule has 1 aliphatic rings. The van der Waals surface area contributed by atoms with Gasteiger partial charge in [0.2, 0.25) is 0 Å². The third-order valence-corrected chi connectivity index (χ3v) is 11.7. The molecule has 1 aliphatic carbocycles. The van der Waals surface area contributed by atoms with Gasteiger partial charge in [-0.1, -0.05) is 149 Å². The van der Waals surface area contributed by atoms with Crippen molar-refractivity contribution >= 4 is 11.9 Å². The van der Waals surface area contributed by atoms with Gasteiger partial charge in [0.15, 0.2) is 0 Å². The van der Waals surface area contributed by atoms with Gasteiger partial charge < -0.3 is 19.5 Å². The van der Waals surface area contributed by atoms with E-state index in [1.165, 1.54) is 167 Å². The largest absolute Gasteiger partial charge is 0.466 e. The molecular formula is C46H89NO5. The van der Waals surface area contributed by atoms with E-state index >= 15 is 0 Å². The van der Waals surface area contributed by atoms with Crippen molar-refractivity contribution in [3.63, 3.8) is 0 Å². The van der Waals surface area contributed by atoms with E-state index in [1.807, 2.05) is 0 Å². The number of hydrogen-bond acceptors (Lipinski definition) is 6. The Balaban J connectivity index is 2.15. The Hall–Kier alpha value is -1.14. The van der Waals surface area contributed by atoms with Gasteiger partial charge in [0, 0.05) is 26.0 Å². The van der Waals surface area contributed by atoms with Gasteiger partial charge in [-0.2, -0.15) is 0 Å². The van der Waals surface area contributed by atoms with Gasteiger partial charge >= 0.3 is 11.9 Å². The monoisotopic (exact) mass is 736 g/mol. The minimum Gasteiger partial charge on any atom is -0.466 e. The molecule has 308 valence electrons. The first-order valence-corrected chi connectivity index (χ1v) is 23.1. The summed E-state index contributed by atoms with van der Waals surface area (Å²) in [6, 6.07) is 0. The summed E-state index contributed by atoms with van der Waals surface area (Å²) in [5.41, 5.74) is 0.393. The molecule has 0 aromatic carbocycles. The molecule has 0 aromatic heterocycles. The van der Waals surface area contributed by atoms with Crippen LogP contribution in [0, 0.1) is 11.3 Å². The molecule has 0 unspecified atom stereocenters.